The summed E-state index contributed by atoms with van der Waals surface area (Å²) in [7, 11) is -14.2. The van der Waals surface area contributed by atoms with Crippen molar-refractivity contribution in [2.45, 2.75) is 37.3 Å². The Hall–Kier alpha value is -10.3. The highest BCUT2D eigenvalue weighted by molar-refractivity contribution is 7.91. The minimum Gasteiger partial charge on any atom is -0.269 e. The summed E-state index contributed by atoms with van der Waals surface area (Å²) in [4.78, 5) is 86.3. The number of rotatable bonds is 10. The van der Waals surface area contributed by atoms with Gasteiger partial charge in [-0.2, -0.15) is 26.3 Å². The van der Waals surface area contributed by atoms with Crippen molar-refractivity contribution in [1.29, 1.82) is 0 Å². The summed E-state index contributed by atoms with van der Waals surface area (Å²) in [5.74, 6) is -68.8. The van der Waals surface area contributed by atoms with Gasteiger partial charge in [0.15, 0.2) is 93.1 Å². The average molecular weight is 1350 g/mol. The van der Waals surface area contributed by atoms with Gasteiger partial charge in [0.2, 0.25) is 25.1 Å². The van der Waals surface area contributed by atoms with Crippen molar-refractivity contribution in [2.75, 3.05) is 19.6 Å². The van der Waals surface area contributed by atoms with Crippen LogP contribution in [0, 0.1) is 93.1 Å². The number of amides is 8. The lowest BCUT2D eigenvalue weighted by molar-refractivity contribution is -0.288. The van der Waals surface area contributed by atoms with Gasteiger partial charge in [-0.05, 0) is 35.4 Å². The van der Waals surface area contributed by atoms with E-state index in [1.54, 1.807) is 0 Å². The molecule has 0 fully saturated rings. The lowest BCUT2D eigenvalue weighted by Crippen LogP contribution is -2.55. The molecular formula is C51H10F22N4O12S2. The predicted octanol–water partition coefficient (Wildman–Crippen LogP) is 9.45. The molecule has 0 atom stereocenters. The molecule has 4 aliphatic heterocycles. The largest absolute Gasteiger partial charge is 0.411 e. The molecule has 10 rings (SSSR count). The molecule has 6 aromatic rings. The van der Waals surface area contributed by atoms with E-state index in [2.05, 4.69) is 0 Å². The van der Waals surface area contributed by atoms with Gasteiger partial charge in [0, 0.05) is 24.3 Å². The number of fused-ring (bicyclic) bond motifs is 2. The van der Waals surface area contributed by atoms with Crippen LogP contribution < -0.4 is 19.6 Å². The quantitative estimate of drug-likeness (QED) is 0.0712. The van der Waals surface area contributed by atoms with Crippen molar-refractivity contribution >= 4 is 89.7 Å². The fourth-order valence-electron chi connectivity index (χ4n) is 9.91. The van der Waals surface area contributed by atoms with Crippen LogP contribution >= 0.6 is 0 Å². The van der Waals surface area contributed by atoms with E-state index < -0.39 is 285 Å². The average Bonchev–Trinajstić information content (AvgIpc) is 1.70. The Morgan fingerprint density at radius 2 is 0.473 bits per heavy atom. The SMILES string of the molecule is O=C1C=CC(=O)N1c1c(F)c(F)c(S(=O)(=O)c2c(F)c(F)c(N3C(=O)c4ccc(C(c5ccc6c(c5)C(=O)N(c5c(F)c(F)c(S(=O)(=O)c7c(F)c(F)c(N8C(=O)C=CC8=O)c(F)c7F)c(F)c5F)C6=O)(C(F)(F)F)C(F)(F)F)cc4C3=O)c(F)c2F)c(F)c1F. The van der Waals surface area contributed by atoms with E-state index in [1.165, 1.54) is 0 Å². The van der Waals surface area contributed by atoms with Crippen molar-refractivity contribution < 1.29 is 152 Å². The fraction of sp³-hybridized carbons (Fsp3) is 0.0588. The summed E-state index contributed by atoms with van der Waals surface area (Å²) >= 11 is 0. The monoisotopic (exact) mass is 1350 g/mol. The van der Waals surface area contributed by atoms with Crippen LogP contribution in [0.2, 0.25) is 0 Å². The van der Waals surface area contributed by atoms with Gasteiger partial charge in [-0.3, -0.25) is 38.4 Å². The molecule has 0 N–H and O–H groups in total. The van der Waals surface area contributed by atoms with Crippen LogP contribution in [-0.2, 0) is 44.3 Å². The first-order valence-corrected chi connectivity index (χ1v) is 26.2. The molecule has 40 heteroatoms. The zero-order chi connectivity index (χ0) is 67.8. The van der Waals surface area contributed by atoms with Crippen molar-refractivity contribution in [3.05, 3.63) is 187 Å². The minimum atomic E-state index is -7.12. The first kappa shape index (κ1) is 63.7. The van der Waals surface area contributed by atoms with E-state index in [9.17, 15) is 55.2 Å². The predicted molar refractivity (Wildman–Crippen MR) is 247 cm³/mol. The molecule has 0 bridgehead atoms. The maximum Gasteiger partial charge on any atom is 0.411 e. The third-order valence-electron chi connectivity index (χ3n) is 13.9. The number of anilines is 4. The van der Waals surface area contributed by atoms with Gasteiger partial charge in [0.1, 0.15) is 42.3 Å². The Balaban J connectivity index is 1.03. The molecule has 0 aromatic heterocycles. The molecule has 6 aromatic carbocycles. The zero-order valence-electron chi connectivity index (χ0n) is 42.1. The van der Waals surface area contributed by atoms with Crippen LogP contribution in [0.1, 0.15) is 52.6 Å². The number of imide groups is 4. The van der Waals surface area contributed by atoms with Gasteiger partial charge in [-0.1, -0.05) is 12.1 Å². The topological polar surface area (TPSA) is 218 Å². The number of nitrogens with zero attached hydrogens (tertiary/aromatic N) is 4. The lowest BCUT2D eigenvalue weighted by atomic mass is 9.71. The summed E-state index contributed by atoms with van der Waals surface area (Å²) in [5, 5.41) is 0. The first-order valence-electron chi connectivity index (χ1n) is 23.3. The second-order valence-electron chi connectivity index (χ2n) is 18.6. The van der Waals surface area contributed by atoms with E-state index in [0.29, 0.717) is 0 Å². The Bertz CT molecular complexity index is 4440. The molecule has 472 valence electrons. The molecule has 0 saturated carbocycles. The molecular weight excluding hydrogens is 1340 g/mol. The molecule has 0 aliphatic carbocycles. The van der Waals surface area contributed by atoms with Gasteiger partial charge in [-0.25, -0.2) is 107 Å². The summed E-state index contributed by atoms with van der Waals surface area (Å²) < 4.78 is 396. The maximum absolute atomic E-state index is 16.0. The number of hydrogen-bond acceptors (Lipinski definition) is 12. The number of benzene rings is 6. The molecule has 16 nitrogen and oxygen atoms in total. The molecule has 0 unspecified atom stereocenters. The molecule has 8 amide bonds. The minimum absolute atomic E-state index is 0.181. The number of sulfone groups is 2. The molecule has 4 aliphatic rings. The van der Waals surface area contributed by atoms with Crippen LogP contribution in [-0.4, -0.2) is 76.4 Å². The standard InChI is InChI=1S/C51H10F22N4O12S2/c52-21-29(60)41(30(61)22(53)37(21)74-17(78)5-6-18(74)79)90(86,87)43-33(64)25(56)39(26(57)34(43)65)76-45(82)13-3-1-11(9-15(13)47(76)84)49(50(68,69)70,51(71,72)73)12-2-4-14-16(10-12)48(85)77(46(14)83)40-27(58)35(66)44(36(67)28(40)59)91(88,89)42-31(62)23(54)38(24(55)32(42)63)75-19(80)7-8-20(75)81/h1-10H. The summed E-state index contributed by atoms with van der Waals surface area (Å²) in [6, 6.07) is -2.18. The van der Waals surface area contributed by atoms with Crippen LogP contribution in [0.3, 0.4) is 0 Å². The van der Waals surface area contributed by atoms with Crippen molar-refractivity contribution in [1.82, 2.24) is 0 Å². The fourth-order valence-corrected chi connectivity index (χ4v) is 12.9. The Morgan fingerprint density at radius 1 is 0.275 bits per heavy atom. The van der Waals surface area contributed by atoms with Crippen LogP contribution in [0.4, 0.5) is 119 Å². The lowest BCUT2D eigenvalue weighted by Gasteiger charge is -2.38. The smallest absolute Gasteiger partial charge is 0.269 e. The molecule has 91 heavy (non-hydrogen) atoms. The van der Waals surface area contributed by atoms with E-state index >= 15 is 96.6 Å². The molecule has 0 radical (unpaired) electrons. The number of halogens is 22. The Morgan fingerprint density at radius 3 is 0.681 bits per heavy atom. The van der Waals surface area contributed by atoms with Gasteiger partial charge in [0.05, 0.1) is 22.3 Å². The highest BCUT2D eigenvalue weighted by atomic mass is 32.2. The third-order valence-corrected chi connectivity index (χ3v) is 17.5. The number of carbonyl (C=O) groups is 8. The van der Waals surface area contributed by atoms with Crippen molar-refractivity contribution in [3.63, 3.8) is 0 Å². The summed E-state index contributed by atoms with van der Waals surface area (Å²) in [6.07, 6.45) is -12.9. The molecule has 0 saturated heterocycles. The third kappa shape index (κ3) is 8.38. The molecule has 0 spiro atoms. The second-order valence-corrected chi connectivity index (χ2v) is 22.2. The second kappa shape index (κ2) is 20.4. The highest BCUT2D eigenvalue weighted by Gasteiger charge is 2.73. The number of carbonyl (C=O) groups excluding carboxylic acids is 8. The normalized spacial score (nSPS) is 15.5. The summed E-state index contributed by atoms with van der Waals surface area (Å²) in [5.41, 5.74) is -27.6. The van der Waals surface area contributed by atoms with Crippen LogP contribution in [0.25, 0.3) is 0 Å². The van der Waals surface area contributed by atoms with Crippen molar-refractivity contribution in [3.8, 4) is 0 Å². The van der Waals surface area contributed by atoms with Crippen LogP contribution in [0.15, 0.2) is 80.3 Å². The highest BCUT2D eigenvalue weighted by Crippen LogP contribution is 2.58. The number of alkyl halides is 6. The van der Waals surface area contributed by atoms with E-state index in [0.717, 1.165) is 0 Å². The van der Waals surface area contributed by atoms with Gasteiger partial charge in [0.25, 0.3) is 47.3 Å². The Labute approximate surface area is 484 Å². The van der Waals surface area contributed by atoms with Crippen LogP contribution in [0.5, 0.6) is 0 Å². The van der Waals surface area contributed by atoms with E-state index in [4.69, 9.17) is 0 Å². The van der Waals surface area contributed by atoms with Gasteiger partial charge in [-0.15, -0.1) is 0 Å². The zero-order valence-corrected chi connectivity index (χ0v) is 43.7. The van der Waals surface area contributed by atoms with E-state index in [-0.39, 0.29) is 48.6 Å². The first-order chi connectivity index (χ1) is 42.0. The summed E-state index contributed by atoms with van der Waals surface area (Å²) in [6.45, 7) is 0. The van der Waals surface area contributed by atoms with Gasteiger partial charge >= 0.3 is 12.4 Å². The maximum atomic E-state index is 16.0. The van der Waals surface area contributed by atoms with E-state index in [1.807, 2.05) is 0 Å². The van der Waals surface area contributed by atoms with Crippen molar-refractivity contribution in [2.24, 2.45) is 0 Å². The van der Waals surface area contributed by atoms with Gasteiger partial charge < -0.3 is 0 Å². The Kier molecular flexibility index (Phi) is 14.3. The molecule has 4 heterocycles. The number of hydrogen-bond donors (Lipinski definition) is 0.